The van der Waals surface area contributed by atoms with E-state index in [0.717, 1.165) is 9.58 Å². The van der Waals surface area contributed by atoms with Gasteiger partial charge in [-0.15, -0.1) is 5.10 Å². The molecule has 1 aliphatic heterocycles. The third kappa shape index (κ3) is 2.74. The van der Waals surface area contributed by atoms with Crippen molar-refractivity contribution >= 4 is 34.4 Å². The van der Waals surface area contributed by atoms with Gasteiger partial charge in [-0.05, 0) is 36.8 Å². The lowest BCUT2D eigenvalue weighted by Crippen LogP contribution is -2.42. The van der Waals surface area contributed by atoms with Crippen molar-refractivity contribution in [2.75, 3.05) is 0 Å². The predicted molar refractivity (Wildman–Crippen MR) is 98.0 cm³/mol. The van der Waals surface area contributed by atoms with Gasteiger partial charge in [0.25, 0.3) is 11.5 Å². The lowest BCUT2D eigenvalue weighted by atomic mass is 9.92. The maximum absolute atomic E-state index is 12.9. The molecule has 1 atom stereocenters. The number of urea groups is 1. The van der Waals surface area contributed by atoms with E-state index in [9.17, 15) is 14.4 Å². The summed E-state index contributed by atoms with van der Waals surface area (Å²) in [5.41, 5.74) is -0.650. The molecule has 1 unspecified atom stereocenters. The second kappa shape index (κ2) is 6.17. The highest BCUT2D eigenvalue weighted by Crippen LogP contribution is 2.29. The molecule has 1 N–H and O–H groups in total. The number of aromatic nitrogens is 3. The molecule has 3 amide bonds. The first kappa shape index (κ1) is 17.2. The summed E-state index contributed by atoms with van der Waals surface area (Å²) >= 11 is 5.89. The highest BCUT2D eigenvalue weighted by atomic mass is 35.5. The second-order valence-corrected chi connectivity index (χ2v) is 6.78. The summed E-state index contributed by atoms with van der Waals surface area (Å²) in [6, 6.07) is 12.8. The van der Waals surface area contributed by atoms with Gasteiger partial charge in [-0.2, -0.15) is 4.68 Å². The van der Waals surface area contributed by atoms with Crippen molar-refractivity contribution in [3.05, 3.63) is 69.5 Å². The van der Waals surface area contributed by atoms with Gasteiger partial charge in [-0.3, -0.25) is 9.59 Å². The number of nitrogens with zero attached hydrogens (tertiary/aromatic N) is 4. The molecule has 1 aliphatic rings. The molecule has 4 rings (SSSR count). The van der Waals surface area contributed by atoms with E-state index in [0.29, 0.717) is 21.5 Å². The monoisotopic (exact) mass is 383 g/mol. The largest absolute Gasteiger partial charge is 0.326 e. The van der Waals surface area contributed by atoms with E-state index in [4.69, 9.17) is 11.6 Å². The molecular formula is C18H14ClN5O3. The molecule has 27 heavy (non-hydrogen) atoms. The van der Waals surface area contributed by atoms with Gasteiger partial charge in [-0.1, -0.05) is 41.1 Å². The first-order chi connectivity index (χ1) is 12.9. The van der Waals surface area contributed by atoms with Crippen LogP contribution in [-0.4, -0.2) is 31.8 Å². The van der Waals surface area contributed by atoms with E-state index in [1.165, 1.54) is 0 Å². The molecule has 0 spiro atoms. The summed E-state index contributed by atoms with van der Waals surface area (Å²) in [6.07, 6.45) is 0. The van der Waals surface area contributed by atoms with E-state index in [1.54, 1.807) is 55.5 Å². The summed E-state index contributed by atoms with van der Waals surface area (Å²) in [4.78, 5) is 38.9. The van der Waals surface area contributed by atoms with Gasteiger partial charge in [0.15, 0.2) is 0 Å². The Labute approximate surface area is 158 Å². The molecule has 1 saturated heterocycles. The first-order valence-electron chi connectivity index (χ1n) is 8.13. The molecule has 1 fully saturated rings. The molecule has 3 aromatic rings. The molecule has 8 nitrogen and oxygen atoms in total. The molecule has 9 heteroatoms. The number of carbonyl (C=O) groups is 2. The van der Waals surface area contributed by atoms with E-state index in [-0.39, 0.29) is 6.67 Å². The van der Waals surface area contributed by atoms with Crippen LogP contribution >= 0.6 is 11.6 Å². The third-order valence-corrected chi connectivity index (χ3v) is 4.85. The van der Waals surface area contributed by atoms with E-state index in [2.05, 4.69) is 15.6 Å². The molecular weight excluding hydrogens is 370 g/mol. The molecule has 2 aromatic carbocycles. The molecule has 0 bridgehead atoms. The SMILES string of the molecule is CC1(c2ccc(Cl)cc2)NC(=O)N(Cn2nnc3ccccc3c2=O)C1=O. The standard InChI is InChI=1S/C18H14ClN5O3/c1-18(11-6-8-12(19)9-7-11)16(26)23(17(27)20-18)10-24-15(25)13-4-2-3-5-14(13)21-22-24/h2-9H,10H2,1H3,(H,20,27). The van der Waals surface area contributed by atoms with Crippen LogP contribution < -0.4 is 10.9 Å². The quantitative estimate of drug-likeness (QED) is 0.696. The summed E-state index contributed by atoms with van der Waals surface area (Å²) in [6.45, 7) is 1.27. The van der Waals surface area contributed by atoms with Crippen LogP contribution in [0.1, 0.15) is 12.5 Å². The zero-order chi connectivity index (χ0) is 19.2. The number of halogens is 1. The van der Waals surface area contributed by atoms with E-state index in [1.807, 2.05) is 0 Å². The summed E-state index contributed by atoms with van der Waals surface area (Å²) in [7, 11) is 0. The fraction of sp³-hybridized carbons (Fsp3) is 0.167. The minimum Gasteiger partial charge on any atom is -0.319 e. The van der Waals surface area contributed by atoms with Gasteiger partial charge < -0.3 is 5.32 Å². The van der Waals surface area contributed by atoms with Gasteiger partial charge in [0.1, 0.15) is 17.7 Å². The molecule has 0 radical (unpaired) electrons. The van der Waals surface area contributed by atoms with Gasteiger partial charge in [0, 0.05) is 5.02 Å². The highest BCUT2D eigenvalue weighted by Gasteiger charge is 2.49. The number of fused-ring (bicyclic) bond motifs is 1. The zero-order valence-corrected chi connectivity index (χ0v) is 15.0. The van der Waals surface area contributed by atoms with E-state index >= 15 is 0 Å². The predicted octanol–water partition coefficient (Wildman–Crippen LogP) is 1.87. The number of benzene rings is 2. The third-order valence-electron chi connectivity index (χ3n) is 4.60. The Balaban J connectivity index is 1.68. The summed E-state index contributed by atoms with van der Waals surface area (Å²) in [5, 5.41) is 11.4. The van der Waals surface area contributed by atoms with Gasteiger partial charge in [-0.25, -0.2) is 9.69 Å². The van der Waals surface area contributed by atoms with Crippen LogP contribution in [0.25, 0.3) is 10.9 Å². The fourth-order valence-electron chi connectivity index (χ4n) is 3.05. The van der Waals surface area contributed by atoms with Crippen molar-refractivity contribution in [2.45, 2.75) is 19.1 Å². The van der Waals surface area contributed by atoms with Crippen LogP contribution in [0.2, 0.25) is 5.02 Å². The Hall–Kier alpha value is -3.26. The highest BCUT2D eigenvalue weighted by molar-refractivity contribution is 6.30. The van der Waals surface area contributed by atoms with Crippen molar-refractivity contribution in [3.8, 4) is 0 Å². The molecule has 136 valence electrons. The fourth-order valence-corrected chi connectivity index (χ4v) is 3.18. The van der Waals surface area contributed by atoms with Crippen molar-refractivity contribution in [2.24, 2.45) is 0 Å². The molecule has 1 aromatic heterocycles. The normalized spacial score (nSPS) is 19.6. The average Bonchev–Trinajstić information content (AvgIpc) is 2.88. The Morgan fingerprint density at radius 3 is 2.52 bits per heavy atom. The van der Waals surface area contributed by atoms with Crippen LogP contribution in [0.4, 0.5) is 4.79 Å². The number of hydrogen-bond acceptors (Lipinski definition) is 5. The average molecular weight is 384 g/mol. The number of rotatable bonds is 3. The lowest BCUT2D eigenvalue weighted by molar-refractivity contribution is -0.132. The minimum atomic E-state index is -1.25. The Kier molecular flexibility index (Phi) is 3.92. The summed E-state index contributed by atoms with van der Waals surface area (Å²) < 4.78 is 0.993. The number of nitrogens with one attached hydrogen (secondary N) is 1. The second-order valence-electron chi connectivity index (χ2n) is 6.35. The van der Waals surface area contributed by atoms with Crippen molar-refractivity contribution in [3.63, 3.8) is 0 Å². The topological polar surface area (TPSA) is 97.2 Å². The summed E-state index contributed by atoms with van der Waals surface area (Å²) in [5.74, 6) is -0.489. The van der Waals surface area contributed by atoms with Crippen molar-refractivity contribution in [1.29, 1.82) is 0 Å². The van der Waals surface area contributed by atoms with Gasteiger partial charge in [0.2, 0.25) is 0 Å². The van der Waals surface area contributed by atoms with Crippen molar-refractivity contribution < 1.29 is 9.59 Å². The van der Waals surface area contributed by atoms with E-state index < -0.39 is 23.0 Å². The maximum Gasteiger partial charge on any atom is 0.326 e. The maximum atomic E-state index is 12.9. The van der Waals surface area contributed by atoms with Crippen LogP contribution in [-0.2, 0) is 17.0 Å². The van der Waals surface area contributed by atoms with Gasteiger partial charge >= 0.3 is 6.03 Å². The number of amides is 3. The van der Waals surface area contributed by atoms with Crippen LogP contribution in [0.15, 0.2) is 53.3 Å². The number of carbonyl (C=O) groups excluding carboxylic acids is 2. The van der Waals surface area contributed by atoms with Crippen LogP contribution in [0.5, 0.6) is 0 Å². The van der Waals surface area contributed by atoms with Crippen LogP contribution in [0, 0.1) is 0 Å². The molecule has 0 saturated carbocycles. The molecule has 0 aliphatic carbocycles. The number of hydrogen-bond donors (Lipinski definition) is 1. The smallest absolute Gasteiger partial charge is 0.319 e. The van der Waals surface area contributed by atoms with Crippen molar-refractivity contribution in [1.82, 2.24) is 25.2 Å². The van der Waals surface area contributed by atoms with Gasteiger partial charge in [0.05, 0.1) is 5.39 Å². The van der Waals surface area contributed by atoms with Crippen LogP contribution in [0.3, 0.4) is 0 Å². The Morgan fingerprint density at radius 1 is 1.07 bits per heavy atom. The molecule has 2 heterocycles. The zero-order valence-electron chi connectivity index (χ0n) is 14.2. The first-order valence-corrected chi connectivity index (χ1v) is 8.50. The Bertz CT molecular complexity index is 1130. The number of imide groups is 1. The minimum absolute atomic E-state index is 0.329. The lowest BCUT2D eigenvalue weighted by Gasteiger charge is -2.22. The Morgan fingerprint density at radius 2 is 1.78 bits per heavy atom.